The molecule has 1 aromatic carbocycles. The van der Waals surface area contributed by atoms with Gasteiger partial charge in [-0.15, -0.1) is 0 Å². The molecule has 0 spiro atoms. The Hall–Kier alpha value is -2.29. The van der Waals surface area contributed by atoms with Gasteiger partial charge in [0.1, 0.15) is 11.5 Å². The minimum absolute atomic E-state index is 0.00346. The summed E-state index contributed by atoms with van der Waals surface area (Å²) in [4.78, 5) is 26.5. The van der Waals surface area contributed by atoms with E-state index in [0.717, 1.165) is 19.4 Å². The lowest BCUT2D eigenvalue weighted by Gasteiger charge is -2.45. The molecular formula is C25H35ClFN5O2. The molecule has 7 nitrogen and oxygen atoms in total. The van der Waals surface area contributed by atoms with Crippen molar-refractivity contribution >= 4 is 29.0 Å². The van der Waals surface area contributed by atoms with Gasteiger partial charge in [-0.2, -0.15) is 0 Å². The number of nitrogens with one attached hydrogen (secondary N) is 1. The molecular weight excluding hydrogens is 457 g/mol. The van der Waals surface area contributed by atoms with Crippen LogP contribution in [0.15, 0.2) is 24.4 Å². The third kappa shape index (κ3) is 6.43. The number of anilines is 2. The van der Waals surface area contributed by atoms with Gasteiger partial charge in [0, 0.05) is 24.3 Å². The number of carbonyl (C=O) groups is 1. The minimum atomic E-state index is -0.520. The van der Waals surface area contributed by atoms with Crippen LogP contribution in [0, 0.1) is 5.82 Å². The van der Waals surface area contributed by atoms with Crippen molar-refractivity contribution in [3.05, 3.63) is 46.6 Å². The lowest BCUT2D eigenvalue weighted by molar-refractivity contribution is -0.0370. The zero-order valence-electron chi connectivity index (χ0n) is 20.9. The SMILES string of the molecule is CC(C)c1nc(C(=O)N2CCC(OCCN(C)C)CC2(C)C)cnc1Nc1ccc(Cl)c(F)c1. The summed E-state index contributed by atoms with van der Waals surface area (Å²) in [5, 5.41) is 3.15. The number of amides is 1. The first-order chi connectivity index (χ1) is 16.0. The number of benzene rings is 1. The quantitative estimate of drug-likeness (QED) is 0.554. The van der Waals surface area contributed by atoms with Crippen LogP contribution in [0.5, 0.6) is 0 Å². The Labute approximate surface area is 206 Å². The van der Waals surface area contributed by atoms with Crippen molar-refractivity contribution in [3.8, 4) is 0 Å². The summed E-state index contributed by atoms with van der Waals surface area (Å²) in [6, 6.07) is 4.46. The molecule has 2 heterocycles. The van der Waals surface area contributed by atoms with Crippen LogP contribution in [-0.2, 0) is 4.74 Å². The zero-order valence-corrected chi connectivity index (χ0v) is 21.6. The van der Waals surface area contributed by atoms with Crippen molar-refractivity contribution in [1.29, 1.82) is 0 Å². The average Bonchev–Trinajstić information content (AvgIpc) is 2.75. The Bertz CT molecular complexity index is 1010. The molecule has 1 unspecified atom stereocenters. The number of hydrogen-bond donors (Lipinski definition) is 1. The first-order valence-electron chi connectivity index (χ1n) is 11.6. The molecule has 9 heteroatoms. The molecule has 1 aromatic heterocycles. The number of likely N-dealkylation sites (N-methyl/N-ethyl adjacent to an activating group) is 1. The maximum absolute atomic E-state index is 13.9. The molecule has 186 valence electrons. The van der Waals surface area contributed by atoms with Gasteiger partial charge in [-0.25, -0.2) is 14.4 Å². The molecule has 1 atom stereocenters. The summed E-state index contributed by atoms with van der Waals surface area (Å²) in [6.07, 6.45) is 3.16. The van der Waals surface area contributed by atoms with Crippen LogP contribution in [0.4, 0.5) is 15.9 Å². The number of likely N-dealkylation sites (tertiary alicyclic amines) is 1. The molecule has 1 amide bonds. The van der Waals surface area contributed by atoms with E-state index in [4.69, 9.17) is 16.3 Å². The lowest BCUT2D eigenvalue weighted by atomic mass is 9.88. The van der Waals surface area contributed by atoms with Crippen LogP contribution < -0.4 is 5.32 Å². The van der Waals surface area contributed by atoms with Crippen LogP contribution in [-0.4, -0.2) is 71.1 Å². The summed E-state index contributed by atoms with van der Waals surface area (Å²) in [5.74, 6) is -0.173. The van der Waals surface area contributed by atoms with Crippen LogP contribution in [0.3, 0.4) is 0 Å². The average molecular weight is 492 g/mol. The van der Waals surface area contributed by atoms with Gasteiger partial charge in [-0.05, 0) is 64.9 Å². The highest BCUT2D eigenvalue weighted by Gasteiger charge is 2.39. The topological polar surface area (TPSA) is 70.6 Å². The second-order valence-corrected chi connectivity index (χ2v) is 10.4. The van der Waals surface area contributed by atoms with Gasteiger partial charge in [-0.1, -0.05) is 25.4 Å². The summed E-state index contributed by atoms with van der Waals surface area (Å²) >= 11 is 5.78. The number of nitrogens with zero attached hydrogens (tertiary/aromatic N) is 4. The summed E-state index contributed by atoms with van der Waals surface area (Å²) in [7, 11) is 4.05. The van der Waals surface area contributed by atoms with E-state index in [-0.39, 0.29) is 28.5 Å². The van der Waals surface area contributed by atoms with Crippen molar-refractivity contribution < 1.29 is 13.9 Å². The van der Waals surface area contributed by atoms with Crippen LogP contribution in [0.1, 0.15) is 62.6 Å². The zero-order chi connectivity index (χ0) is 25.0. The highest BCUT2D eigenvalue weighted by molar-refractivity contribution is 6.30. The van der Waals surface area contributed by atoms with Crippen molar-refractivity contribution in [2.45, 2.75) is 58.1 Å². The Morgan fingerprint density at radius 3 is 2.74 bits per heavy atom. The highest BCUT2D eigenvalue weighted by atomic mass is 35.5. The Balaban J connectivity index is 1.75. The van der Waals surface area contributed by atoms with E-state index in [9.17, 15) is 9.18 Å². The molecule has 1 fully saturated rings. The molecule has 0 bridgehead atoms. The third-order valence-corrected chi connectivity index (χ3v) is 6.32. The molecule has 1 aliphatic heterocycles. The highest BCUT2D eigenvalue weighted by Crippen LogP contribution is 2.31. The van der Waals surface area contributed by atoms with Gasteiger partial charge >= 0.3 is 0 Å². The normalized spacial score (nSPS) is 17.9. The summed E-state index contributed by atoms with van der Waals surface area (Å²) < 4.78 is 19.9. The number of carbonyl (C=O) groups excluding carboxylic acids is 1. The fourth-order valence-electron chi connectivity index (χ4n) is 4.12. The third-order valence-electron chi connectivity index (χ3n) is 6.02. The van der Waals surface area contributed by atoms with Gasteiger partial charge in [0.15, 0.2) is 5.82 Å². The molecule has 1 aliphatic rings. The van der Waals surface area contributed by atoms with E-state index in [1.165, 1.54) is 18.3 Å². The van der Waals surface area contributed by atoms with Crippen molar-refractivity contribution in [2.75, 3.05) is 39.1 Å². The smallest absolute Gasteiger partial charge is 0.274 e. The van der Waals surface area contributed by atoms with Crippen molar-refractivity contribution in [1.82, 2.24) is 19.8 Å². The maximum Gasteiger partial charge on any atom is 0.274 e. The second kappa shape index (κ2) is 11.0. The Morgan fingerprint density at radius 2 is 2.12 bits per heavy atom. The standard InChI is InChI=1S/C25H35ClFN5O2/c1-16(2)22-23(29-17-7-8-19(26)20(27)13-17)28-15-21(30-22)24(33)32-10-9-18(14-25(32,3)4)34-12-11-31(5)6/h7-8,13,15-16,18H,9-12,14H2,1-6H3,(H,28,29). The predicted octanol–water partition coefficient (Wildman–Crippen LogP) is 5.10. The van der Waals surface area contributed by atoms with E-state index >= 15 is 0 Å². The second-order valence-electron chi connectivity index (χ2n) is 9.96. The van der Waals surface area contributed by atoms with E-state index < -0.39 is 5.82 Å². The summed E-state index contributed by atoms with van der Waals surface area (Å²) in [5.41, 5.74) is 1.09. The molecule has 34 heavy (non-hydrogen) atoms. The molecule has 0 aliphatic carbocycles. The Morgan fingerprint density at radius 1 is 1.38 bits per heavy atom. The number of halogens is 2. The van der Waals surface area contributed by atoms with E-state index in [1.54, 1.807) is 6.07 Å². The first-order valence-corrected chi connectivity index (χ1v) is 12.0. The van der Waals surface area contributed by atoms with E-state index in [2.05, 4.69) is 34.0 Å². The molecule has 0 saturated carbocycles. The van der Waals surface area contributed by atoms with Crippen LogP contribution in [0.25, 0.3) is 0 Å². The molecule has 1 N–H and O–H groups in total. The van der Waals surface area contributed by atoms with Gasteiger partial charge < -0.3 is 19.9 Å². The number of ether oxygens (including phenoxy) is 1. The predicted molar refractivity (Wildman–Crippen MR) is 133 cm³/mol. The number of piperidine rings is 1. The molecule has 0 radical (unpaired) electrons. The van der Waals surface area contributed by atoms with Gasteiger partial charge in [0.05, 0.1) is 29.6 Å². The largest absolute Gasteiger partial charge is 0.377 e. The fraction of sp³-hybridized carbons (Fsp3) is 0.560. The van der Waals surface area contributed by atoms with Crippen molar-refractivity contribution in [3.63, 3.8) is 0 Å². The monoisotopic (exact) mass is 491 g/mol. The lowest BCUT2D eigenvalue weighted by Crippen LogP contribution is -2.54. The fourth-order valence-corrected chi connectivity index (χ4v) is 4.24. The van der Waals surface area contributed by atoms with Crippen LogP contribution in [0.2, 0.25) is 5.02 Å². The Kier molecular flexibility index (Phi) is 8.49. The number of hydrogen-bond acceptors (Lipinski definition) is 6. The molecule has 2 aromatic rings. The van der Waals surface area contributed by atoms with E-state index in [0.29, 0.717) is 36.0 Å². The maximum atomic E-state index is 13.9. The molecule has 3 rings (SSSR count). The van der Waals surface area contributed by atoms with Crippen molar-refractivity contribution in [2.24, 2.45) is 0 Å². The van der Waals surface area contributed by atoms with Crippen LogP contribution >= 0.6 is 11.6 Å². The molecule has 1 saturated heterocycles. The number of rotatable bonds is 8. The van der Waals surface area contributed by atoms with E-state index in [1.807, 2.05) is 32.8 Å². The van der Waals surface area contributed by atoms with Gasteiger partial charge in [-0.3, -0.25) is 4.79 Å². The first kappa shape index (κ1) is 26.3. The minimum Gasteiger partial charge on any atom is -0.377 e. The van der Waals surface area contributed by atoms with Gasteiger partial charge in [0.25, 0.3) is 5.91 Å². The van der Waals surface area contributed by atoms with Gasteiger partial charge in [0.2, 0.25) is 0 Å². The summed E-state index contributed by atoms with van der Waals surface area (Å²) in [6.45, 7) is 10.2. The number of aromatic nitrogens is 2.